The van der Waals surface area contributed by atoms with E-state index in [0.29, 0.717) is 5.75 Å². The van der Waals surface area contributed by atoms with Crippen molar-refractivity contribution in [1.82, 2.24) is 5.32 Å². The standard InChI is InChI=1S/C21H27NO3/c1-14(2)20(17-9-11-18(24-5)12-10-17)22-21(23)16(4)25-19-8-6-7-15(3)13-19/h6-14,16,20H,1-5H3,(H,22,23). The Hall–Kier alpha value is -2.49. The Bertz CT molecular complexity index is 695. The zero-order chi connectivity index (χ0) is 18.4. The predicted octanol–water partition coefficient (Wildman–Crippen LogP) is 4.28. The molecule has 2 rings (SSSR count). The van der Waals surface area contributed by atoms with Crippen molar-refractivity contribution < 1.29 is 14.3 Å². The lowest BCUT2D eigenvalue weighted by molar-refractivity contribution is -0.128. The molecule has 4 heteroatoms. The van der Waals surface area contributed by atoms with E-state index < -0.39 is 6.10 Å². The van der Waals surface area contributed by atoms with E-state index in [9.17, 15) is 4.79 Å². The third-order valence-electron chi connectivity index (χ3n) is 4.11. The normalized spacial score (nSPS) is 13.2. The SMILES string of the molecule is COc1ccc(C(NC(=O)C(C)Oc2cccc(C)c2)C(C)C)cc1. The van der Waals surface area contributed by atoms with Gasteiger partial charge >= 0.3 is 0 Å². The van der Waals surface area contributed by atoms with E-state index in [2.05, 4.69) is 19.2 Å². The highest BCUT2D eigenvalue weighted by atomic mass is 16.5. The van der Waals surface area contributed by atoms with Gasteiger partial charge in [-0.3, -0.25) is 4.79 Å². The summed E-state index contributed by atoms with van der Waals surface area (Å²) in [6, 6.07) is 15.4. The molecule has 0 saturated heterocycles. The minimum atomic E-state index is -0.568. The molecule has 0 bridgehead atoms. The highest BCUT2D eigenvalue weighted by Crippen LogP contribution is 2.24. The summed E-state index contributed by atoms with van der Waals surface area (Å²) < 4.78 is 11.0. The summed E-state index contributed by atoms with van der Waals surface area (Å²) >= 11 is 0. The number of carbonyl (C=O) groups is 1. The van der Waals surface area contributed by atoms with Crippen molar-refractivity contribution >= 4 is 5.91 Å². The third kappa shape index (κ3) is 5.24. The van der Waals surface area contributed by atoms with Crippen LogP contribution in [0.5, 0.6) is 11.5 Å². The number of hydrogen-bond donors (Lipinski definition) is 1. The maximum atomic E-state index is 12.6. The molecular weight excluding hydrogens is 314 g/mol. The summed E-state index contributed by atoms with van der Waals surface area (Å²) in [6.07, 6.45) is -0.568. The van der Waals surface area contributed by atoms with Gasteiger partial charge in [0, 0.05) is 0 Å². The smallest absolute Gasteiger partial charge is 0.261 e. The largest absolute Gasteiger partial charge is 0.497 e. The number of carbonyl (C=O) groups excluding carboxylic acids is 1. The van der Waals surface area contributed by atoms with Crippen LogP contribution in [0.25, 0.3) is 0 Å². The number of hydrogen-bond acceptors (Lipinski definition) is 3. The topological polar surface area (TPSA) is 47.6 Å². The van der Waals surface area contributed by atoms with Gasteiger partial charge in [-0.25, -0.2) is 0 Å². The number of rotatable bonds is 7. The zero-order valence-corrected chi connectivity index (χ0v) is 15.6. The third-order valence-corrected chi connectivity index (χ3v) is 4.11. The van der Waals surface area contributed by atoms with Crippen molar-refractivity contribution in [3.8, 4) is 11.5 Å². The second kappa shape index (κ2) is 8.56. The van der Waals surface area contributed by atoms with Crippen LogP contribution < -0.4 is 14.8 Å². The first-order chi connectivity index (χ1) is 11.9. The summed E-state index contributed by atoms with van der Waals surface area (Å²) in [4.78, 5) is 12.6. The molecule has 0 heterocycles. The fraction of sp³-hybridized carbons (Fsp3) is 0.381. The Kier molecular flexibility index (Phi) is 6.45. The van der Waals surface area contributed by atoms with Crippen molar-refractivity contribution in [3.63, 3.8) is 0 Å². The zero-order valence-electron chi connectivity index (χ0n) is 15.6. The number of amides is 1. The van der Waals surface area contributed by atoms with Gasteiger partial charge in [0.25, 0.3) is 5.91 Å². The van der Waals surface area contributed by atoms with Gasteiger partial charge in [-0.1, -0.05) is 38.1 Å². The second-order valence-electron chi connectivity index (χ2n) is 6.58. The van der Waals surface area contributed by atoms with E-state index in [1.54, 1.807) is 14.0 Å². The molecule has 0 radical (unpaired) electrons. The van der Waals surface area contributed by atoms with Gasteiger partial charge in [0.15, 0.2) is 6.10 Å². The molecule has 1 N–H and O–H groups in total. The highest BCUT2D eigenvalue weighted by Gasteiger charge is 2.22. The van der Waals surface area contributed by atoms with E-state index in [4.69, 9.17) is 9.47 Å². The molecule has 0 saturated carbocycles. The molecule has 0 aliphatic rings. The van der Waals surface area contributed by atoms with Gasteiger partial charge < -0.3 is 14.8 Å². The number of nitrogens with one attached hydrogen (secondary N) is 1. The second-order valence-corrected chi connectivity index (χ2v) is 6.58. The maximum Gasteiger partial charge on any atom is 0.261 e. The van der Waals surface area contributed by atoms with Crippen LogP contribution in [0, 0.1) is 12.8 Å². The van der Waals surface area contributed by atoms with Crippen LogP contribution in [-0.2, 0) is 4.79 Å². The highest BCUT2D eigenvalue weighted by molar-refractivity contribution is 5.81. The number of methoxy groups -OCH3 is 1. The monoisotopic (exact) mass is 341 g/mol. The van der Waals surface area contributed by atoms with Crippen molar-refractivity contribution in [3.05, 3.63) is 59.7 Å². The summed E-state index contributed by atoms with van der Waals surface area (Å²) in [5.74, 6) is 1.63. The first kappa shape index (κ1) is 18.8. The number of ether oxygens (including phenoxy) is 2. The number of aryl methyl sites for hydroxylation is 1. The fourth-order valence-corrected chi connectivity index (χ4v) is 2.66. The molecule has 134 valence electrons. The van der Waals surface area contributed by atoms with Crippen molar-refractivity contribution in [2.24, 2.45) is 5.92 Å². The lowest BCUT2D eigenvalue weighted by Gasteiger charge is -2.25. The van der Waals surface area contributed by atoms with Gasteiger partial charge in [0.2, 0.25) is 0 Å². The Morgan fingerprint density at radius 2 is 1.68 bits per heavy atom. The van der Waals surface area contributed by atoms with Crippen LogP contribution in [-0.4, -0.2) is 19.1 Å². The molecule has 2 aromatic rings. The molecule has 4 nitrogen and oxygen atoms in total. The van der Waals surface area contributed by atoms with E-state index in [1.807, 2.05) is 55.5 Å². The summed E-state index contributed by atoms with van der Waals surface area (Å²) in [5.41, 5.74) is 2.15. The average molecular weight is 341 g/mol. The molecular formula is C21H27NO3. The molecule has 1 amide bonds. The van der Waals surface area contributed by atoms with Gasteiger partial charge in [-0.15, -0.1) is 0 Å². The Morgan fingerprint density at radius 1 is 1.00 bits per heavy atom. The minimum Gasteiger partial charge on any atom is -0.497 e. The summed E-state index contributed by atoms with van der Waals surface area (Å²) in [6.45, 7) is 7.93. The van der Waals surface area contributed by atoms with E-state index in [-0.39, 0.29) is 17.9 Å². The van der Waals surface area contributed by atoms with Crippen molar-refractivity contribution in [1.29, 1.82) is 0 Å². The van der Waals surface area contributed by atoms with Crippen molar-refractivity contribution in [2.45, 2.75) is 39.8 Å². The Balaban J connectivity index is 2.06. The van der Waals surface area contributed by atoms with Gasteiger partial charge in [0.1, 0.15) is 11.5 Å². The first-order valence-electron chi connectivity index (χ1n) is 8.58. The van der Waals surface area contributed by atoms with E-state index in [0.717, 1.165) is 16.9 Å². The molecule has 0 aliphatic heterocycles. The first-order valence-corrected chi connectivity index (χ1v) is 8.58. The maximum absolute atomic E-state index is 12.6. The van der Waals surface area contributed by atoms with E-state index >= 15 is 0 Å². The number of benzene rings is 2. The van der Waals surface area contributed by atoms with Crippen LogP contribution in [0.15, 0.2) is 48.5 Å². The van der Waals surface area contributed by atoms with Gasteiger partial charge in [0.05, 0.1) is 13.2 Å². The van der Waals surface area contributed by atoms with E-state index in [1.165, 1.54) is 0 Å². The molecule has 0 aliphatic carbocycles. The molecule has 0 spiro atoms. The van der Waals surface area contributed by atoms with Crippen LogP contribution in [0.4, 0.5) is 0 Å². The van der Waals surface area contributed by atoms with Crippen LogP contribution in [0.1, 0.15) is 37.9 Å². The average Bonchev–Trinajstić information content (AvgIpc) is 2.59. The molecule has 0 fully saturated rings. The molecule has 2 unspecified atom stereocenters. The summed E-state index contributed by atoms with van der Waals surface area (Å²) in [7, 11) is 1.64. The van der Waals surface area contributed by atoms with Gasteiger partial charge in [-0.05, 0) is 55.2 Å². The fourth-order valence-electron chi connectivity index (χ4n) is 2.66. The minimum absolute atomic E-state index is 0.0815. The molecule has 25 heavy (non-hydrogen) atoms. The van der Waals surface area contributed by atoms with Crippen molar-refractivity contribution in [2.75, 3.05) is 7.11 Å². The summed E-state index contributed by atoms with van der Waals surface area (Å²) in [5, 5.41) is 3.10. The quantitative estimate of drug-likeness (QED) is 0.817. The molecule has 0 aromatic heterocycles. The molecule has 2 atom stereocenters. The lowest BCUT2D eigenvalue weighted by atomic mass is 9.95. The predicted molar refractivity (Wildman–Crippen MR) is 100.0 cm³/mol. The van der Waals surface area contributed by atoms with Gasteiger partial charge in [-0.2, -0.15) is 0 Å². The lowest BCUT2D eigenvalue weighted by Crippen LogP contribution is -2.40. The Morgan fingerprint density at radius 3 is 2.24 bits per heavy atom. The van der Waals surface area contributed by atoms with Crippen LogP contribution >= 0.6 is 0 Å². The van der Waals surface area contributed by atoms with Crippen LogP contribution in [0.2, 0.25) is 0 Å². The molecule has 2 aromatic carbocycles. The van der Waals surface area contributed by atoms with Crippen LogP contribution in [0.3, 0.4) is 0 Å². The Labute approximate surface area is 150 Å².